The number of ether oxygens (including phenoxy) is 1. The van der Waals surface area contributed by atoms with Crippen LogP contribution in [0, 0.1) is 0 Å². The third-order valence-electron chi connectivity index (χ3n) is 1.33. The fourth-order valence-corrected chi connectivity index (χ4v) is 1.05. The number of alkyl halides is 1. The first-order chi connectivity index (χ1) is 5.43. The standard InChI is InChI=1S/C9H11BrO.Mg.2H/c10-6-7-11-8-9-4-2-1-3-5-9;;;/h1-5H,6-8H2;;;/q;+2;2*-1. The van der Waals surface area contributed by atoms with E-state index in [9.17, 15) is 0 Å². The van der Waals surface area contributed by atoms with E-state index in [-0.39, 0.29) is 25.9 Å². The van der Waals surface area contributed by atoms with Crippen molar-refractivity contribution < 1.29 is 7.59 Å². The Morgan fingerprint density at radius 3 is 2.50 bits per heavy atom. The molecule has 1 rings (SSSR count). The van der Waals surface area contributed by atoms with Crippen molar-refractivity contribution in [3.8, 4) is 0 Å². The van der Waals surface area contributed by atoms with Crippen LogP contribution in [0.3, 0.4) is 0 Å². The minimum absolute atomic E-state index is 0. The zero-order chi connectivity index (χ0) is 7.94. The van der Waals surface area contributed by atoms with Crippen LogP contribution in [0.2, 0.25) is 0 Å². The zero-order valence-corrected chi connectivity index (χ0v) is 10.0. The number of halogens is 1. The Kier molecular flexibility index (Phi) is 8.33. The average molecular weight is 241 g/mol. The Balaban J connectivity index is -0.000000403. The molecule has 0 N–H and O–H groups in total. The largest absolute Gasteiger partial charge is 2.00 e. The van der Waals surface area contributed by atoms with E-state index in [2.05, 4.69) is 28.1 Å². The fraction of sp³-hybridized carbons (Fsp3) is 0.333. The number of hydrogen-bond acceptors (Lipinski definition) is 1. The summed E-state index contributed by atoms with van der Waals surface area (Å²) < 4.78 is 5.32. The summed E-state index contributed by atoms with van der Waals surface area (Å²) in [6.07, 6.45) is 0. The minimum Gasteiger partial charge on any atom is -1.00 e. The SMILES string of the molecule is BrCCOCc1ccccc1.[H-].[H-].[Mg+2]. The molecule has 0 radical (unpaired) electrons. The van der Waals surface area contributed by atoms with Crippen LogP contribution in [-0.2, 0) is 11.3 Å². The first-order valence-electron chi connectivity index (χ1n) is 3.61. The molecular formula is C9H13BrMgO. The molecule has 1 nitrogen and oxygen atoms in total. The van der Waals surface area contributed by atoms with Gasteiger partial charge in [-0.1, -0.05) is 46.3 Å². The molecule has 0 saturated heterocycles. The number of hydrogen-bond donors (Lipinski definition) is 0. The first-order valence-corrected chi connectivity index (χ1v) is 4.73. The summed E-state index contributed by atoms with van der Waals surface area (Å²) in [5.41, 5.74) is 1.23. The zero-order valence-electron chi connectivity index (χ0n) is 9.00. The third kappa shape index (κ3) is 5.14. The molecule has 0 fully saturated rings. The molecule has 1 aromatic carbocycles. The maximum atomic E-state index is 5.32. The second kappa shape index (κ2) is 8.04. The van der Waals surface area contributed by atoms with Crippen LogP contribution in [-0.4, -0.2) is 35.0 Å². The predicted octanol–water partition coefficient (Wildman–Crippen LogP) is 2.44. The molecule has 3 heteroatoms. The van der Waals surface area contributed by atoms with Crippen molar-refractivity contribution in [2.24, 2.45) is 0 Å². The molecule has 0 aliphatic carbocycles. The normalized spacial score (nSPS) is 9.08. The molecule has 0 amide bonds. The molecule has 64 valence electrons. The van der Waals surface area contributed by atoms with E-state index >= 15 is 0 Å². The first kappa shape index (κ1) is 12.4. The Bertz CT molecular complexity index is 199. The van der Waals surface area contributed by atoms with Gasteiger partial charge in [0.25, 0.3) is 0 Å². The molecule has 0 aliphatic heterocycles. The Morgan fingerprint density at radius 2 is 1.92 bits per heavy atom. The molecule has 12 heavy (non-hydrogen) atoms. The van der Waals surface area contributed by atoms with Crippen molar-refractivity contribution in [2.75, 3.05) is 11.9 Å². The van der Waals surface area contributed by atoms with Gasteiger partial charge in [-0.05, 0) is 5.56 Å². The van der Waals surface area contributed by atoms with Gasteiger partial charge in [0.1, 0.15) is 0 Å². The Hall–Kier alpha value is 0.426. The van der Waals surface area contributed by atoms with E-state index in [0.717, 1.165) is 11.9 Å². The van der Waals surface area contributed by atoms with Crippen molar-refractivity contribution >= 4 is 39.0 Å². The number of benzene rings is 1. The van der Waals surface area contributed by atoms with E-state index in [4.69, 9.17) is 4.74 Å². The van der Waals surface area contributed by atoms with Crippen molar-refractivity contribution in [3.05, 3.63) is 35.9 Å². The van der Waals surface area contributed by atoms with E-state index in [1.165, 1.54) is 5.56 Å². The summed E-state index contributed by atoms with van der Waals surface area (Å²) in [6.45, 7) is 1.49. The van der Waals surface area contributed by atoms with Crippen molar-refractivity contribution in [3.63, 3.8) is 0 Å². The summed E-state index contributed by atoms with van der Waals surface area (Å²) in [7, 11) is 0. The summed E-state index contributed by atoms with van der Waals surface area (Å²) in [6, 6.07) is 10.2. The van der Waals surface area contributed by atoms with Crippen LogP contribution in [0.25, 0.3) is 0 Å². The molecule has 0 atom stereocenters. The van der Waals surface area contributed by atoms with E-state index in [1.54, 1.807) is 0 Å². The van der Waals surface area contributed by atoms with Crippen LogP contribution in [0.15, 0.2) is 30.3 Å². The average Bonchev–Trinajstić information content (AvgIpc) is 2.07. The smallest absolute Gasteiger partial charge is 1.00 e. The van der Waals surface area contributed by atoms with Gasteiger partial charge in [-0.2, -0.15) is 0 Å². The summed E-state index contributed by atoms with van der Waals surface area (Å²) in [5.74, 6) is 0. The van der Waals surface area contributed by atoms with E-state index in [1.807, 2.05) is 18.2 Å². The Labute approximate surface area is 101 Å². The van der Waals surface area contributed by atoms with Crippen LogP contribution < -0.4 is 0 Å². The van der Waals surface area contributed by atoms with Gasteiger partial charge in [0, 0.05) is 5.33 Å². The van der Waals surface area contributed by atoms with Crippen LogP contribution in [0.4, 0.5) is 0 Å². The van der Waals surface area contributed by atoms with Crippen molar-refractivity contribution in [1.82, 2.24) is 0 Å². The number of rotatable bonds is 4. The maximum absolute atomic E-state index is 5.32. The molecule has 0 unspecified atom stereocenters. The predicted molar refractivity (Wildman–Crippen MR) is 57.9 cm³/mol. The fourth-order valence-electron chi connectivity index (χ4n) is 0.819. The molecule has 0 saturated carbocycles. The molecule has 0 aromatic heterocycles. The topological polar surface area (TPSA) is 9.23 Å². The van der Waals surface area contributed by atoms with E-state index < -0.39 is 0 Å². The van der Waals surface area contributed by atoms with Gasteiger partial charge < -0.3 is 7.59 Å². The van der Waals surface area contributed by atoms with Gasteiger partial charge in [-0.25, -0.2) is 0 Å². The monoisotopic (exact) mass is 240 g/mol. The van der Waals surface area contributed by atoms with Gasteiger partial charge >= 0.3 is 23.1 Å². The minimum atomic E-state index is 0. The summed E-state index contributed by atoms with van der Waals surface area (Å²) in [5, 5.41) is 0.903. The van der Waals surface area contributed by atoms with Gasteiger partial charge in [-0.15, -0.1) is 0 Å². The van der Waals surface area contributed by atoms with Gasteiger partial charge in [-0.3, -0.25) is 0 Å². The van der Waals surface area contributed by atoms with Crippen LogP contribution in [0.1, 0.15) is 8.42 Å². The maximum Gasteiger partial charge on any atom is 2.00 e. The summed E-state index contributed by atoms with van der Waals surface area (Å²) in [4.78, 5) is 0. The third-order valence-corrected chi connectivity index (χ3v) is 1.66. The molecule has 0 aliphatic rings. The molecule has 0 heterocycles. The Morgan fingerprint density at radius 1 is 1.25 bits per heavy atom. The van der Waals surface area contributed by atoms with Gasteiger partial charge in [0.05, 0.1) is 13.2 Å². The molecular weight excluding hydrogens is 228 g/mol. The molecule has 0 spiro atoms. The van der Waals surface area contributed by atoms with Crippen LogP contribution >= 0.6 is 15.9 Å². The van der Waals surface area contributed by atoms with Gasteiger partial charge in [0.15, 0.2) is 0 Å². The van der Waals surface area contributed by atoms with E-state index in [0.29, 0.717) is 6.61 Å². The second-order valence-electron chi connectivity index (χ2n) is 2.23. The molecule has 0 bridgehead atoms. The van der Waals surface area contributed by atoms with Gasteiger partial charge in [0.2, 0.25) is 0 Å². The quantitative estimate of drug-likeness (QED) is 0.447. The van der Waals surface area contributed by atoms with Crippen molar-refractivity contribution in [2.45, 2.75) is 6.61 Å². The summed E-state index contributed by atoms with van der Waals surface area (Å²) >= 11 is 3.30. The second-order valence-corrected chi connectivity index (χ2v) is 3.02. The van der Waals surface area contributed by atoms with Crippen molar-refractivity contribution in [1.29, 1.82) is 0 Å². The van der Waals surface area contributed by atoms with Crippen LogP contribution in [0.5, 0.6) is 0 Å². The molecule has 1 aromatic rings.